The topological polar surface area (TPSA) is 149 Å². The van der Waals surface area contributed by atoms with E-state index in [0.29, 0.717) is 5.71 Å². The molecule has 28 heavy (non-hydrogen) atoms. The summed E-state index contributed by atoms with van der Waals surface area (Å²) < 4.78 is 31.2. The molecule has 0 aromatic heterocycles. The molecule has 3 rings (SSSR count). The SMILES string of the molecule is CC1=NN(c2ccc(S(=O)(=O)O)cc2)C(=O)[C@H]1N=Nc1ccccc1C(=O)O. The number of hydrazone groups is 1. The van der Waals surface area contributed by atoms with E-state index in [1.165, 1.54) is 24.3 Å². The number of carbonyl (C=O) groups excluding carboxylic acids is 1. The van der Waals surface area contributed by atoms with Gasteiger partial charge in [-0.15, -0.1) is 0 Å². The van der Waals surface area contributed by atoms with Crippen LogP contribution < -0.4 is 5.01 Å². The number of hydrogen-bond acceptors (Lipinski definition) is 7. The van der Waals surface area contributed by atoms with Crippen LogP contribution in [0.4, 0.5) is 11.4 Å². The lowest BCUT2D eigenvalue weighted by Crippen LogP contribution is -2.29. The maximum absolute atomic E-state index is 12.6. The summed E-state index contributed by atoms with van der Waals surface area (Å²) in [6.07, 6.45) is 0. The van der Waals surface area contributed by atoms with E-state index >= 15 is 0 Å². The summed E-state index contributed by atoms with van der Waals surface area (Å²) in [5.74, 6) is -1.70. The highest BCUT2D eigenvalue weighted by Gasteiger charge is 2.35. The average molecular weight is 402 g/mol. The van der Waals surface area contributed by atoms with Gasteiger partial charge in [0, 0.05) is 0 Å². The minimum absolute atomic E-state index is 0.0519. The highest BCUT2D eigenvalue weighted by atomic mass is 32.2. The molecule has 0 bridgehead atoms. The van der Waals surface area contributed by atoms with Gasteiger partial charge in [-0.1, -0.05) is 12.1 Å². The number of carbonyl (C=O) groups is 2. The fourth-order valence-electron chi connectivity index (χ4n) is 2.50. The Hall–Kier alpha value is -3.44. The predicted molar refractivity (Wildman–Crippen MR) is 98.6 cm³/mol. The number of azo groups is 1. The highest BCUT2D eigenvalue weighted by Crippen LogP contribution is 2.25. The van der Waals surface area contributed by atoms with Crippen LogP contribution in [0.2, 0.25) is 0 Å². The molecule has 0 saturated carbocycles. The lowest BCUT2D eigenvalue weighted by Gasteiger charge is -2.12. The first kappa shape index (κ1) is 19.3. The van der Waals surface area contributed by atoms with Gasteiger partial charge in [-0.2, -0.15) is 28.8 Å². The minimum Gasteiger partial charge on any atom is -0.478 e. The number of rotatable bonds is 5. The van der Waals surface area contributed by atoms with Crippen molar-refractivity contribution in [3.8, 4) is 0 Å². The number of carboxylic acid groups (broad SMARTS) is 1. The molecule has 2 N–H and O–H groups in total. The zero-order chi connectivity index (χ0) is 20.5. The quantitative estimate of drug-likeness (QED) is 0.579. The van der Waals surface area contributed by atoms with E-state index in [-0.39, 0.29) is 21.8 Å². The summed E-state index contributed by atoms with van der Waals surface area (Å²) in [6.45, 7) is 1.57. The van der Waals surface area contributed by atoms with Crippen molar-refractivity contribution in [2.45, 2.75) is 17.9 Å². The van der Waals surface area contributed by atoms with Crippen LogP contribution in [0.15, 0.2) is 68.8 Å². The summed E-state index contributed by atoms with van der Waals surface area (Å²) in [5, 5.41) is 22.1. The number of hydrogen-bond donors (Lipinski definition) is 2. The number of aromatic carboxylic acids is 1. The Morgan fingerprint density at radius 2 is 1.79 bits per heavy atom. The fraction of sp³-hybridized carbons (Fsp3) is 0.118. The zero-order valence-electron chi connectivity index (χ0n) is 14.4. The smallest absolute Gasteiger partial charge is 0.337 e. The molecular formula is C17H14N4O6S. The first-order chi connectivity index (χ1) is 13.2. The van der Waals surface area contributed by atoms with E-state index in [4.69, 9.17) is 4.55 Å². The molecule has 10 nitrogen and oxygen atoms in total. The molecule has 0 unspecified atom stereocenters. The van der Waals surface area contributed by atoms with Crippen LogP contribution in [0.1, 0.15) is 17.3 Å². The third-order valence-corrected chi connectivity index (χ3v) is 4.76. The highest BCUT2D eigenvalue weighted by molar-refractivity contribution is 7.85. The molecule has 1 heterocycles. The Kier molecular flexibility index (Phi) is 5.03. The first-order valence-corrected chi connectivity index (χ1v) is 9.32. The third-order valence-electron chi connectivity index (χ3n) is 3.89. The number of carboxylic acids is 1. The lowest BCUT2D eigenvalue weighted by atomic mass is 10.2. The number of amides is 1. The average Bonchev–Trinajstić information content (AvgIpc) is 2.93. The van der Waals surface area contributed by atoms with Gasteiger partial charge in [-0.05, 0) is 43.3 Å². The number of anilines is 1. The molecule has 2 aromatic carbocycles. The summed E-state index contributed by atoms with van der Waals surface area (Å²) in [7, 11) is -4.35. The Morgan fingerprint density at radius 1 is 1.14 bits per heavy atom. The van der Waals surface area contributed by atoms with Crippen molar-refractivity contribution in [1.29, 1.82) is 0 Å². The van der Waals surface area contributed by atoms with Crippen molar-refractivity contribution in [2.24, 2.45) is 15.3 Å². The molecule has 2 aromatic rings. The number of nitrogens with zero attached hydrogens (tertiary/aromatic N) is 4. The molecule has 0 aliphatic carbocycles. The molecule has 0 saturated heterocycles. The van der Waals surface area contributed by atoms with Crippen molar-refractivity contribution < 1.29 is 27.7 Å². The second kappa shape index (κ2) is 7.29. The zero-order valence-corrected chi connectivity index (χ0v) is 15.2. The van der Waals surface area contributed by atoms with Crippen LogP contribution in [-0.4, -0.2) is 41.7 Å². The summed E-state index contributed by atoms with van der Waals surface area (Å²) in [5.41, 5.74) is 0.663. The first-order valence-electron chi connectivity index (χ1n) is 7.88. The van der Waals surface area contributed by atoms with Crippen molar-refractivity contribution in [1.82, 2.24) is 0 Å². The van der Waals surface area contributed by atoms with Gasteiger partial charge in [0.05, 0.1) is 27.5 Å². The molecule has 0 spiro atoms. The van der Waals surface area contributed by atoms with E-state index in [1.807, 2.05) is 0 Å². The van der Waals surface area contributed by atoms with Gasteiger partial charge in [0.15, 0.2) is 6.04 Å². The van der Waals surface area contributed by atoms with E-state index < -0.39 is 28.0 Å². The second-order valence-electron chi connectivity index (χ2n) is 5.80. The van der Waals surface area contributed by atoms with E-state index in [1.54, 1.807) is 19.1 Å². The van der Waals surface area contributed by atoms with Crippen LogP contribution in [0.3, 0.4) is 0 Å². The largest absolute Gasteiger partial charge is 0.478 e. The summed E-state index contributed by atoms with van der Waals surface area (Å²) in [4.78, 5) is 23.5. The van der Waals surface area contributed by atoms with Gasteiger partial charge < -0.3 is 5.11 Å². The number of benzene rings is 2. The van der Waals surface area contributed by atoms with Crippen molar-refractivity contribution in [2.75, 3.05) is 5.01 Å². The molecule has 1 atom stereocenters. The molecule has 1 aliphatic heterocycles. The molecule has 0 fully saturated rings. The molecular weight excluding hydrogens is 388 g/mol. The molecule has 144 valence electrons. The van der Waals surface area contributed by atoms with Gasteiger partial charge in [-0.3, -0.25) is 9.35 Å². The maximum atomic E-state index is 12.6. The van der Waals surface area contributed by atoms with Gasteiger partial charge >= 0.3 is 5.97 Å². The van der Waals surface area contributed by atoms with Gasteiger partial charge in [0.2, 0.25) is 0 Å². The molecule has 11 heteroatoms. The molecule has 1 amide bonds. The van der Waals surface area contributed by atoms with E-state index in [2.05, 4.69) is 15.3 Å². The lowest BCUT2D eigenvalue weighted by molar-refractivity contribution is -0.117. The molecule has 0 radical (unpaired) electrons. The van der Waals surface area contributed by atoms with Crippen LogP contribution in [-0.2, 0) is 14.9 Å². The molecule has 1 aliphatic rings. The van der Waals surface area contributed by atoms with Gasteiger partial charge in [0.1, 0.15) is 0 Å². The van der Waals surface area contributed by atoms with Crippen LogP contribution in [0, 0.1) is 0 Å². The summed E-state index contributed by atoms with van der Waals surface area (Å²) in [6, 6.07) is 9.86. The minimum atomic E-state index is -4.35. The predicted octanol–water partition coefficient (Wildman–Crippen LogP) is 2.51. The van der Waals surface area contributed by atoms with Crippen molar-refractivity contribution in [3.05, 3.63) is 54.1 Å². The Morgan fingerprint density at radius 3 is 2.39 bits per heavy atom. The Balaban J connectivity index is 1.85. The fourth-order valence-corrected chi connectivity index (χ4v) is 2.98. The van der Waals surface area contributed by atoms with Gasteiger partial charge in [-0.25, -0.2) is 4.79 Å². The second-order valence-corrected chi connectivity index (χ2v) is 7.22. The van der Waals surface area contributed by atoms with Crippen LogP contribution in [0.25, 0.3) is 0 Å². The van der Waals surface area contributed by atoms with Crippen LogP contribution in [0.5, 0.6) is 0 Å². The normalized spacial score (nSPS) is 17.2. The van der Waals surface area contributed by atoms with Crippen LogP contribution >= 0.6 is 0 Å². The summed E-state index contributed by atoms with van der Waals surface area (Å²) >= 11 is 0. The standard InChI is InChI=1S/C17H14N4O6S/c1-10-15(19-18-14-5-3-2-4-13(14)17(23)24)16(22)21(20-10)11-6-8-12(9-7-11)28(25,26)27/h2-9,15H,1H3,(H,23,24)(H,25,26,27)/t15-/m0/s1. The monoisotopic (exact) mass is 402 g/mol. The van der Waals surface area contributed by atoms with Crippen molar-refractivity contribution >= 4 is 39.1 Å². The Labute approximate surface area is 159 Å². The van der Waals surface area contributed by atoms with Gasteiger partial charge in [0.25, 0.3) is 16.0 Å². The van der Waals surface area contributed by atoms with Crippen molar-refractivity contribution in [3.63, 3.8) is 0 Å². The Bertz CT molecular complexity index is 1110. The maximum Gasteiger partial charge on any atom is 0.337 e. The van der Waals surface area contributed by atoms with E-state index in [0.717, 1.165) is 17.1 Å². The third kappa shape index (κ3) is 3.80. The van der Waals surface area contributed by atoms with E-state index in [9.17, 15) is 23.1 Å².